The normalized spacial score (nSPS) is 11.7. The number of nitrogens with one attached hydrogen (secondary N) is 1. The molecular formula is C21H16F3N3O. The molecule has 1 aromatic heterocycles. The van der Waals surface area contributed by atoms with E-state index < -0.39 is 23.6 Å². The number of nitriles is 1. The fraction of sp³-hybridized carbons (Fsp3) is 0.143. The number of hydrogen-bond donors (Lipinski definition) is 1. The van der Waals surface area contributed by atoms with Gasteiger partial charge in [-0.3, -0.25) is 4.79 Å². The van der Waals surface area contributed by atoms with Gasteiger partial charge in [0.05, 0.1) is 11.6 Å². The molecule has 1 atom stereocenters. The van der Waals surface area contributed by atoms with Crippen LogP contribution in [0.15, 0.2) is 48.5 Å². The lowest BCUT2D eigenvalue weighted by molar-refractivity contribution is 0.0944. The minimum atomic E-state index is -1.28. The number of aryl methyl sites for hydroxylation is 1. The Balaban J connectivity index is 1.91. The summed E-state index contributed by atoms with van der Waals surface area (Å²) in [5.74, 6) is -2.63. The van der Waals surface area contributed by atoms with E-state index in [4.69, 9.17) is 0 Å². The molecule has 1 unspecified atom stereocenters. The van der Waals surface area contributed by atoms with Gasteiger partial charge in [0, 0.05) is 28.7 Å². The van der Waals surface area contributed by atoms with Crippen LogP contribution < -0.4 is 5.32 Å². The Morgan fingerprint density at radius 3 is 2.29 bits per heavy atom. The highest BCUT2D eigenvalue weighted by atomic mass is 19.1. The molecule has 0 spiro atoms. The summed E-state index contributed by atoms with van der Waals surface area (Å²) in [5, 5.41) is 11.8. The van der Waals surface area contributed by atoms with Crippen molar-refractivity contribution < 1.29 is 18.0 Å². The predicted molar refractivity (Wildman–Crippen MR) is 97.4 cm³/mol. The highest BCUT2D eigenvalue weighted by Crippen LogP contribution is 2.23. The van der Waals surface area contributed by atoms with Crippen LogP contribution in [-0.2, 0) is 0 Å². The average Bonchev–Trinajstić information content (AvgIpc) is 2.95. The van der Waals surface area contributed by atoms with Crippen molar-refractivity contribution in [2.24, 2.45) is 0 Å². The number of nitrogens with zero attached hydrogens (tertiary/aromatic N) is 2. The van der Waals surface area contributed by atoms with Crippen LogP contribution in [0.1, 0.15) is 33.4 Å². The maximum absolute atomic E-state index is 14.0. The number of aromatic nitrogens is 1. The molecule has 1 amide bonds. The lowest BCUT2D eigenvalue weighted by Crippen LogP contribution is -2.28. The summed E-state index contributed by atoms with van der Waals surface area (Å²) < 4.78 is 42.0. The van der Waals surface area contributed by atoms with Crippen molar-refractivity contribution >= 4 is 5.91 Å². The van der Waals surface area contributed by atoms with E-state index in [1.54, 1.807) is 36.6 Å². The van der Waals surface area contributed by atoms with Crippen molar-refractivity contribution in [2.45, 2.75) is 19.9 Å². The third-order valence-electron chi connectivity index (χ3n) is 4.44. The second-order valence-electron chi connectivity index (χ2n) is 6.30. The number of hydrogen-bond acceptors (Lipinski definition) is 2. The minimum Gasteiger partial charge on any atom is -0.332 e. The Bertz CT molecular complexity index is 1080. The maximum Gasteiger partial charge on any atom is 0.254 e. The van der Waals surface area contributed by atoms with E-state index in [2.05, 4.69) is 5.32 Å². The molecule has 0 saturated heterocycles. The van der Waals surface area contributed by atoms with Gasteiger partial charge in [0.15, 0.2) is 0 Å². The van der Waals surface area contributed by atoms with Gasteiger partial charge < -0.3 is 9.88 Å². The Kier molecular flexibility index (Phi) is 5.23. The highest BCUT2D eigenvalue weighted by molar-refractivity contribution is 5.96. The smallest absolute Gasteiger partial charge is 0.254 e. The van der Waals surface area contributed by atoms with Crippen LogP contribution in [0.4, 0.5) is 13.2 Å². The van der Waals surface area contributed by atoms with Gasteiger partial charge in [0.1, 0.15) is 23.5 Å². The molecule has 0 bridgehead atoms. The molecule has 4 nitrogen and oxygen atoms in total. The van der Waals surface area contributed by atoms with Gasteiger partial charge in [-0.25, -0.2) is 13.2 Å². The van der Waals surface area contributed by atoms with Crippen molar-refractivity contribution in [1.82, 2.24) is 9.88 Å². The summed E-state index contributed by atoms with van der Waals surface area (Å²) in [6, 6.07) is 10.8. The number of benzene rings is 2. The van der Waals surface area contributed by atoms with E-state index in [-0.39, 0.29) is 11.4 Å². The first-order valence-corrected chi connectivity index (χ1v) is 8.42. The van der Waals surface area contributed by atoms with E-state index in [1.807, 2.05) is 6.07 Å². The van der Waals surface area contributed by atoms with E-state index in [1.165, 1.54) is 12.1 Å². The Morgan fingerprint density at radius 1 is 1.04 bits per heavy atom. The molecule has 0 aliphatic heterocycles. The summed E-state index contributed by atoms with van der Waals surface area (Å²) in [6.07, 6.45) is 0. The molecule has 0 radical (unpaired) electrons. The van der Waals surface area contributed by atoms with Gasteiger partial charge >= 0.3 is 0 Å². The Labute approximate surface area is 159 Å². The third-order valence-corrected chi connectivity index (χ3v) is 4.44. The zero-order valence-corrected chi connectivity index (χ0v) is 15.1. The molecule has 1 N–H and O–H groups in total. The average molecular weight is 383 g/mol. The molecule has 0 aliphatic rings. The van der Waals surface area contributed by atoms with Crippen LogP contribution in [0.3, 0.4) is 0 Å². The van der Waals surface area contributed by atoms with Crippen molar-refractivity contribution in [2.75, 3.05) is 0 Å². The van der Waals surface area contributed by atoms with Crippen LogP contribution in [-0.4, -0.2) is 10.5 Å². The maximum atomic E-state index is 14.0. The van der Waals surface area contributed by atoms with Crippen molar-refractivity contribution in [3.8, 4) is 11.8 Å². The zero-order chi connectivity index (χ0) is 20.4. The zero-order valence-electron chi connectivity index (χ0n) is 15.1. The van der Waals surface area contributed by atoms with Gasteiger partial charge in [-0.15, -0.1) is 0 Å². The number of halogens is 3. The fourth-order valence-corrected chi connectivity index (χ4v) is 3.10. The molecule has 0 fully saturated rings. The summed E-state index contributed by atoms with van der Waals surface area (Å²) in [7, 11) is 0. The number of carbonyl (C=O) groups excluding carboxylic acids is 1. The monoisotopic (exact) mass is 383 g/mol. The molecule has 2 aromatic carbocycles. The number of amides is 1. The molecule has 0 saturated carbocycles. The molecule has 0 aliphatic carbocycles. The SMILES string of the molecule is Cc1cc(C(=O)NC(C#N)c2ccc(F)cc2F)c(C)n1-c1ccc(F)cc1. The first-order valence-electron chi connectivity index (χ1n) is 8.42. The van der Waals surface area contributed by atoms with E-state index in [0.717, 1.165) is 17.8 Å². The van der Waals surface area contributed by atoms with E-state index in [9.17, 15) is 23.2 Å². The first-order chi connectivity index (χ1) is 13.3. The van der Waals surface area contributed by atoms with Crippen molar-refractivity contribution in [3.63, 3.8) is 0 Å². The quantitative estimate of drug-likeness (QED) is 0.721. The van der Waals surface area contributed by atoms with Crippen LogP contribution in [0.2, 0.25) is 0 Å². The van der Waals surface area contributed by atoms with Gasteiger partial charge in [-0.1, -0.05) is 6.07 Å². The molecule has 142 valence electrons. The van der Waals surface area contributed by atoms with Crippen LogP contribution in [0, 0.1) is 42.6 Å². The number of carbonyl (C=O) groups is 1. The molecule has 7 heteroatoms. The second-order valence-corrected chi connectivity index (χ2v) is 6.30. The Morgan fingerprint density at radius 2 is 1.68 bits per heavy atom. The lowest BCUT2D eigenvalue weighted by atomic mass is 10.1. The molecule has 28 heavy (non-hydrogen) atoms. The second kappa shape index (κ2) is 7.61. The summed E-state index contributed by atoms with van der Waals surface area (Å²) >= 11 is 0. The van der Waals surface area contributed by atoms with Gasteiger partial charge in [0.25, 0.3) is 5.91 Å². The van der Waals surface area contributed by atoms with Crippen molar-refractivity contribution in [3.05, 3.63) is 88.5 Å². The highest BCUT2D eigenvalue weighted by Gasteiger charge is 2.22. The predicted octanol–water partition coefficient (Wildman–Crippen LogP) is 4.51. The molecule has 3 rings (SSSR count). The first kappa shape index (κ1) is 19.2. The Hall–Kier alpha value is -3.53. The summed E-state index contributed by atoms with van der Waals surface area (Å²) in [5.41, 5.74) is 2.17. The lowest BCUT2D eigenvalue weighted by Gasteiger charge is -2.13. The van der Waals surface area contributed by atoms with Crippen LogP contribution in [0.5, 0.6) is 0 Å². The summed E-state index contributed by atoms with van der Waals surface area (Å²) in [6.45, 7) is 3.50. The fourth-order valence-electron chi connectivity index (χ4n) is 3.10. The van der Waals surface area contributed by atoms with E-state index >= 15 is 0 Å². The standard InChI is InChI=1S/C21H16F3N3O/c1-12-9-18(13(2)27(12)16-6-3-14(22)4-7-16)21(28)26-20(11-25)17-8-5-15(23)10-19(17)24/h3-10,20H,1-2H3,(H,26,28). The minimum absolute atomic E-state index is 0.121. The van der Waals surface area contributed by atoms with Crippen molar-refractivity contribution in [1.29, 1.82) is 5.26 Å². The van der Waals surface area contributed by atoms with E-state index in [0.29, 0.717) is 23.0 Å². The topological polar surface area (TPSA) is 57.8 Å². The van der Waals surface area contributed by atoms with Gasteiger partial charge in [-0.05, 0) is 50.2 Å². The molecule has 3 aromatic rings. The number of rotatable bonds is 4. The summed E-state index contributed by atoms with van der Waals surface area (Å²) in [4.78, 5) is 12.7. The third kappa shape index (κ3) is 3.62. The largest absolute Gasteiger partial charge is 0.332 e. The van der Waals surface area contributed by atoms with Gasteiger partial charge in [-0.2, -0.15) is 5.26 Å². The van der Waals surface area contributed by atoms with Crippen LogP contribution >= 0.6 is 0 Å². The van der Waals surface area contributed by atoms with Gasteiger partial charge in [0.2, 0.25) is 0 Å². The van der Waals surface area contributed by atoms with Crippen LogP contribution in [0.25, 0.3) is 5.69 Å². The molecular weight excluding hydrogens is 367 g/mol. The molecule has 1 heterocycles.